The van der Waals surface area contributed by atoms with E-state index in [9.17, 15) is 4.79 Å². The lowest BCUT2D eigenvalue weighted by Gasteiger charge is -2.22. The summed E-state index contributed by atoms with van der Waals surface area (Å²) in [5, 5.41) is 6.35. The summed E-state index contributed by atoms with van der Waals surface area (Å²) in [5.41, 5.74) is 2.09. The fourth-order valence-electron chi connectivity index (χ4n) is 2.99. The molecule has 0 aromatic heterocycles. The first-order chi connectivity index (χ1) is 9.81. The third-order valence-electron chi connectivity index (χ3n) is 4.21. The van der Waals surface area contributed by atoms with Gasteiger partial charge >= 0.3 is 0 Å². The molecule has 1 aromatic carbocycles. The highest BCUT2D eigenvalue weighted by molar-refractivity contribution is 5.90. The number of halogens is 1. The van der Waals surface area contributed by atoms with Crippen molar-refractivity contribution in [2.24, 2.45) is 5.92 Å². The summed E-state index contributed by atoms with van der Waals surface area (Å²) in [5.74, 6) is 1.79. The van der Waals surface area contributed by atoms with Gasteiger partial charge in [0, 0.05) is 18.5 Å². The van der Waals surface area contributed by atoms with Gasteiger partial charge in [-0.2, -0.15) is 0 Å². The second kappa shape index (κ2) is 7.66. The topological polar surface area (TPSA) is 50.4 Å². The molecule has 1 amide bonds. The molecule has 116 valence electrons. The highest BCUT2D eigenvalue weighted by atomic mass is 35.5. The molecule has 2 aliphatic heterocycles. The largest absolute Gasteiger partial charge is 0.493 e. The van der Waals surface area contributed by atoms with Crippen LogP contribution in [0.2, 0.25) is 0 Å². The van der Waals surface area contributed by atoms with E-state index in [0.29, 0.717) is 12.3 Å². The minimum Gasteiger partial charge on any atom is -0.493 e. The Morgan fingerprint density at radius 2 is 2.14 bits per heavy atom. The van der Waals surface area contributed by atoms with Crippen LogP contribution in [0.5, 0.6) is 5.75 Å². The molecule has 2 N–H and O–H groups in total. The van der Waals surface area contributed by atoms with Crippen molar-refractivity contribution in [3.05, 3.63) is 23.8 Å². The van der Waals surface area contributed by atoms with E-state index in [1.54, 1.807) is 0 Å². The second-order valence-electron chi connectivity index (χ2n) is 5.70. The van der Waals surface area contributed by atoms with Crippen molar-refractivity contribution in [2.75, 3.05) is 25.0 Å². The Morgan fingerprint density at radius 3 is 2.95 bits per heavy atom. The molecule has 0 aliphatic carbocycles. The lowest BCUT2D eigenvalue weighted by atomic mass is 9.93. The van der Waals surface area contributed by atoms with Crippen LogP contribution in [0.15, 0.2) is 18.2 Å². The molecule has 0 spiro atoms. The Balaban J connectivity index is 0.00000161. The minimum atomic E-state index is 0. The van der Waals surface area contributed by atoms with E-state index in [1.807, 2.05) is 18.2 Å². The van der Waals surface area contributed by atoms with Crippen molar-refractivity contribution < 1.29 is 9.53 Å². The first-order valence-corrected chi connectivity index (χ1v) is 7.57. The van der Waals surface area contributed by atoms with Gasteiger partial charge in [0.05, 0.1) is 6.61 Å². The van der Waals surface area contributed by atoms with Gasteiger partial charge in [0.15, 0.2) is 0 Å². The fourth-order valence-corrected chi connectivity index (χ4v) is 2.99. The van der Waals surface area contributed by atoms with Gasteiger partial charge in [-0.15, -0.1) is 12.4 Å². The van der Waals surface area contributed by atoms with Gasteiger partial charge in [-0.05, 0) is 62.0 Å². The van der Waals surface area contributed by atoms with Crippen LogP contribution in [0.25, 0.3) is 0 Å². The number of hydrogen-bond acceptors (Lipinski definition) is 3. The van der Waals surface area contributed by atoms with Crippen molar-refractivity contribution in [2.45, 2.75) is 32.1 Å². The van der Waals surface area contributed by atoms with Gasteiger partial charge in [0.2, 0.25) is 5.91 Å². The van der Waals surface area contributed by atoms with Gasteiger partial charge in [0.1, 0.15) is 5.75 Å². The Labute approximate surface area is 132 Å². The Kier molecular flexibility index (Phi) is 5.88. The first kappa shape index (κ1) is 16.1. The number of nitrogens with one attached hydrogen (secondary N) is 2. The third-order valence-corrected chi connectivity index (χ3v) is 4.21. The van der Waals surface area contributed by atoms with Crippen molar-refractivity contribution in [3.8, 4) is 5.75 Å². The second-order valence-corrected chi connectivity index (χ2v) is 5.70. The van der Waals surface area contributed by atoms with Crippen molar-refractivity contribution >= 4 is 24.0 Å². The molecule has 2 heterocycles. The van der Waals surface area contributed by atoms with Gasteiger partial charge in [-0.25, -0.2) is 0 Å². The highest BCUT2D eigenvalue weighted by Gasteiger charge is 2.16. The molecule has 1 saturated heterocycles. The maximum atomic E-state index is 12.0. The van der Waals surface area contributed by atoms with Crippen molar-refractivity contribution in [1.82, 2.24) is 5.32 Å². The standard InChI is InChI=1S/C16H22N2O2.ClH/c19-16(4-1-12-5-8-17-9-6-12)18-14-2-3-15-13(11-14)7-10-20-15;/h2-3,11-12,17H,1,4-10H2,(H,18,19);1H. The number of amides is 1. The van der Waals surface area contributed by atoms with Crippen molar-refractivity contribution in [1.29, 1.82) is 0 Å². The van der Waals surface area contributed by atoms with Gasteiger partial charge in [-0.3, -0.25) is 4.79 Å². The number of fused-ring (bicyclic) bond motifs is 1. The number of carbonyl (C=O) groups excluding carboxylic acids is 1. The normalized spacial score (nSPS) is 17.5. The van der Waals surface area contributed by atoms with Crippen LogP contribution in [0.3, 0.4) is 0 Å². The molecule has 1 aromatic rings. The van der Waals surface area contributed by atoms with Crippen molar-refractivity contribution in [3.63, 3.8) is 0 Å². The average molecular weight is 311 g/mol. The van der Waals surface area contributed by atoms with Crippen LogP contribution in [-0.4, -0.2) is 25.6 Å². The predicted octanol–water partition coefficient (Wildman–Crippen LogP) is 2.76. The van der Waals surface area contributed by atoms with Crippen LogP contribution in [-0.2, 0) is 11.2 Å². The first-order valence-electron chi connectivity index (χ1n) is 7.57. The number of anilines is 1. The minimum absolute atomic E-state index is 0. The number of piperidine rings is 1. The molecule has 0 bridgehead atoms. The molecular formula is C16H23ClN2O2. The van der Waals surface area contributed by atoms with E-state index >= 15 is 0 Å². The number of rotatable bonds is 4. The summed E-state index contributed by atoms with van der Waals surface area (Å²) in [4.78, 5) is 12.0. The van der Waals surface area contributed by atoms with Gasteiger partial charge < -0.3 is 15.4 Å². The zero-order valence-corrected chi connectivity index (χ0v) is 13.0. The Bertz CT molecular complexity index is 487. The summed E-state index contributed by atoms with van der Waals surface area (Å²) in [6.07, 6.45) is 4.96. The van der Waals surface area contributed by atoms with Gasteiger partial charge in [0.25, 0.3) is 0 Å². The molecule has 3 rings (SSSR count). The molecule has 2 aliphatic rings. The summed E-state index contributed by atoms with van der Waals surface area (Å²) < 4.78 is 5.47. The molecule has 21 heavy (non-hydrogen) atoms. The Morgan fingerprint density at radius 1 is 1.33 bits per heavy atom. The summed E-state index contributed by atoms with van der Waals surface area (Å²) in [7, 11) is 0. The van der Waals surface area contributed by atoms with E-state index in [4.69, 9.17) is 4.74 Å². The maximum absolute atomic E-state index is 12.0. The summed E-state index contributed by atoms with van der Waals surface area (Å²) in [6, 6.07) is 5.90. The third kappa shape index (κ3) is 4.35. The molecular weight excluding hydrogens is 288 g/mol. The Hall–Kier alpha value is -1.26. The molecule has 5 heteroatoms. The number of hydrogen-bond donors (Lipinski definition) is 2. The molecule has 1 fully saturated rings. The molecule has 0 atom stereocenters. The maximum Gasteiger partial charge on any atom is 0.224 e. The number of benzene rings is 1. The van der Waals surface area contributed by atoms with Crippen LogP contribution in [0, 0.1) is 5.92 Å². The van der Waals surface area contributed by atoms with Crippen LogP contribution in [0.4, 0.5) is 5.69 Å². The zero-order valence-electron chi connectivity index (χ0n) is 12.2. The SMILES string of the molecule is Cl.O=C(CCC1CCNCC1)Nc1ccc2c(c1)CCO2. The molecule has 0 saturated carbocycles. The quantitative estimate of drug-likeness (QED) is 0.899. The van der Waals surface area contributed by atoms with E-state index in [-0.39, 0.29) is 18.3 Å². The summed E-state index contributed by atoms with van der Waals surface area (Å²) in [6.45, 7) is 2.94. The number of ether oxygens (including phenoxy) is 1. The monoisotopic (exact) mass is 310 g/mol. The van der Waals surface area contributed by atoms with E-state index in [1.165, 1.54) is 18.4 Å². The average Bonchev–Trinajstić information content (AvgIpc) is 2.94. The predicted molar refractivity (Wildman–Crippen MR) is 86.3 cm³/mol. The lowest BCUT2D eigenvalue weighted by molar-refractivity contribution is -0.116. The molecule has 4 nitrogen and oxygen atoms in total. The fraction of sp³-hybridized carbons (Fsp3) is 0.562. The van der Waals surface area contributed by atoms with Crippen LogP contribution >= 0.6 is 12.4 Å². The van der Waals surface area contributed by atoms with Crippen LogP contribution in [0.1, 0.15) is 31.2 Å². The van der Waals surface area contributed by atoms with Gasteiger partial charge in [-0.1, -0.05) is 0 Å². The van der Waals surface area contributed by atoms with E-state index in [2.05, 4.69) is 10.6 Å². The highest BCUT2D eigenvalue weighted by Crippen LogP contribution is 2.28. The van der Waals surface area contributed by atoms with Crippen LogP contribution < -0.4 is 15.4 Å². The lowest BCUT2D eigenvalue weighted by Crippen LogP contribution is -2.28. The summed E-state index contributed by atoms with van der Waals surface area (Å²) >= 11 is 0. The molecule has 0 unspecified atom stereocenters. The van der Waals surface area contributed by atoms with E-state index < -0.39 is 0 Å². The zero-order chi connectivity index (χ0) is 13.8. The molecule has 0 radical (unpaired) electrons. The number of carbonyl (C=O) groups is 1. The van der Waals surface area contributed by atoms with E-state index in [0.717, 1.165) is 44.0 Å². The smallest absolute Gasteiger partial charge is 0.224 e.